The molecule has 201 valence electrons. The first-order valence-corrected chi connectivity index (χ1v) is 13.4. The van der Waals surface area contributed by atoms with Gasteiger partial charge in [-0.25, -0.2) is 0 Å². The van der Waals surface area contributed by atoms with Crippen molar-refractivity contribution in [1.82, 2.24) is 4.98 Å². The van der Waals surface area contributed by atoms with Crippen molar-refractivity contribution in [3.05, 3.63) is 78.4 Å². The Balaban J connectivity index is 0.000000223. The molecule has 0 saturated carbocycles. The Morgan fingerprint density at radius 1 is 0.947 bits per heavy atom. The van der Waals surface area contributed by atoms with Crippen LogP contribution in [0.3, 0.4) is 0 Å². The number of ketones is 1. The number of rotatable bonds is 7. The molecule has 0 spiro atoms. The van der Waals surface area contributed by atoms with Crippen LogP contribution >= 0.6 is 0 Å². The minimum absolute atomic E-state index is 0. The third-order valence-corrected chi connectivity index (χ3v) is 7.31. The quantitative estimate of drug-likeness (QED) is 0.0610. The number of pyridine rings is 1. The number of benzene rings is 3. The van der Waals surface area contributed by atoms with Crippen molar-refractivity contribution in [1.29, 1.82) is 0 Å². The molecule has 5 heteroatoms. The van der Waals surface area contributed by atoms with Gasteiger partial charge in [-0.2, -0.15) is 0 Å². The summed E-state index contributed by atoms with van der Waals surface area (Å²) < 4.78 is 5.95. The fourth-order valence-electron chi connectivity index (χ4n) is 5.05. The minimum Gasteiger partial charge on any atom is -0.512 e. The Hall–Kier alpha value is -3.01. The van der Waals surface area contributed by atoms with Gasteiger partial charge in [0.25, 0.3) is 0 Å². The Morgan fingerprint density at radius 3 is 2.32 bits per heavy atom. The maximum atomic E-state index is 11.7. The second kappa shape index (κ2) is 13.2. The molecule has 2 heterocycles. The van der Waals surface area contributed by atoms with Crippen LogP contribution in [-0.2, 0) is 24.9 Å². The van der Waals surface area contributed by atoms with E-state index in [2.05, 4.69) is 47.4 Å². The Morgan fingerprint density at radius 2 is 1.63 bits per heavy atom. The van der Waals surface area contributed by atoms with E-state index in [4.69, 9.17) is 4.42 Å². The topological polar surface area (TPSA) is 63.3 Å². The zero-order valence-electron chi connectivity index (χ0n) is 22.8. The number of hydrogen-bond donors (Lipinski definition) is 1. The number of aryl methyl sites for hydroxylation is 1. The number of aliphatic hydroxyl groups excluding tert-OH is 1. The molecule has 1 radical (unpaired) electrons. The molecule has 0 aliphatic heterocycles. The Kier molecular flexibility index (Phi) is 10.2. The molecule has 5 rings (SSSR count). The molecule has 4 nitrogen and oxygen atoms in total. The van der Waals surface area contributed by atoms with Gasteiger partial charge in [-0.3, -0.25) is 9.78 Å². The van der Waals surface area contributed by atoms with E-state index in [1.54, 1.807) is 0 Å². The summed E-state index contributed by atoms with van der Waals surface area (Å²) in [6, 6.07) is 20.2. The van der Waals surface area contributed by atoms with E-state index in [1.165, 1.54) is 11.5 Å². The Bertz CT molecular complexity index is 1580. The van der Waals surface area contributed by atoms with Crippen molar-refractivity contribution < 1.29 is 34.4 Å². The summed E-state index contributed by atoms with van der Waals surface area (Å²) in [6.07, 6.45) is 6.73. The second-order valence-corrected chi connectivity index (χ2v) is 9.64. The second-order valence-electron chi connectivity index (χ2n) is 9.64. The van der Waals surface area contributed by atoms with E-state index in [0.717, 1.165) is 69.5 Å². The van der Waals surface area contributed by atoms with E-state index < -0.39 is 0 Å². The standard InChI is InChI=1S/C20H12NO.C13H24O2.Ir/c1-12-9-18-16-10-13-5-2-3-6-14(13)11-17(16)19-15(20(18)22-12)7-4-8-21-19;1-5-10(6-2)12(14)9-13(15)11(7-3)8-4;/h2-10H,1H3;9-11,14H,5-8H2,1-4H3;/q-1;;/b;12-9-;. The molecule has 0 aliphatic rings. The molecule has 0 amide bonds. The normalized spacial score (nSPS) is 11.8. The van der Waals surface area contributed by atoms with Crippen LogP contribution in [0.1, 0.15) is 59.1 Å². The molecule has 3 aromatic carbocycles. The number of carbonyl (C=O) groups is 1. The molecular formula is C33H36IrNO3-. The van der Waals surface area contributed by atoms with Gasteiger partial charge in [-0.1, -0.05) is 68.1 Å². The van der Waals surface area contributed by atoms with Gasteiger partial charge in [0.2, 0.25) is 0 Å². The van der Waals surface area contributed by atoms with Gasteiger partial charge in [0.15, 0.2) is 5.78 Å². The van der Waals surface area contributed by atoms with Crippen molar-refractivity contribution in [2.45, 2.75) is 60.3 Å². The summed E-state index contributed by atoms with van der Waals surface area (Å²) in [7, 11) is 0. The van der Waals surface area contributed by atoms with Crippen LogP contribution in [0.2, 0.25) is 0 Å². The summed E-state index contributed by atoms with van der Waals surface area (Å²) in [5, 5.41) is 16.4. The molecule has 0 aliphatic carbocycles. The fourth-order valence-corrected chi connectivity index (χ4v) is 5.05. The van der Waals surface area contributed by atoms with Crippen molar-refractivity contribution in [2.75, 3.05) is 0 Å². The van der Waals surface area contributed by atoms with Crippen LogP contribution in [0.5, 0.6) is 0 Å². The number of fused-ring (bicyclic) bond motifs is 7. The van der Waals surface area contributed by atoms with E-state index in [-0.39, 0.29) is 43.5 Å². The molecule has 0 unspecified atom stereocenters. The summed E-state index contributed by atoms with van der Waals surface area (Å²) in [4.78, 5) is 16.3. The number of furan rings is 1. The number of nitrogens with zero attached hydrogens (tertiary/aromatic N) is 1. The van der Waals surface area contributed by atoms with Gasteiger partial charge in [0, 0.05) is 55.1 Å². The first-order chi connectivity index (χ1) is 17.9. The number of allylic oxidation sites excluding steroid dienone is 2. The average molecular weight is 687 g/mol. The van der Waals surface area contributed by atoms with Crippen LogP contribution in [0.4, 0.5) is 0 Å². The van der Waals surface area contributed by atoms with Gasteiger partial charge < -0.3 is 9.52 Å². The Labute approximate surface area is 238 Å². The summed E-state index contributed by atoms with van der Waals surface area (Å²) in [5.74, 6) is 1.46. The molecular weight excluding hydrogens is 651 g/mol. The van der Waals surface area contributed by atoms with Crippen LogP contribution in [0, 0.1) is 24.8 Å². The maximum Gasteiger partial charge on any atom is 0.162 e. The predicted octanol–water partition coefficient (Wildman–Crippen LogP) is 9.26. The summed E-state index contributed by atoms with van der Waals surface area (Å²) >= 11 is 0. The zero-order chi connectivity index (χ0) is 26.5. The van der Waals surface area contributed by atoms with Gasteiger partial charge in [-0.05, 0) is 50.1 Å². The van der Waals surface area contributed by atoms with E-state index >= 15 is 0 Å². The van der Waals surface area contributed by atoms with Crippen LogP contribution < -0.4 is 0 Å². The number of aromatic nitrogens is 1. The first kappa shape index (κ1) is 29.5. The van der Waals surface area contributed by atoms with Crippen LogP contribution in [0.15, 0.2) is 71.0 Å². The van der Waals surface area contributed by atoms with Crippen molar-refractivity contribution in [2.24, 2.45) is 11.8 Å². The number of carbonyl (C=O) groups excluding carboxylic acids is 1. The SMILES string of the molecule is CCC(CC)C(=O)/C=C(\O)C(CC)CC.Cc1cc2c3cc4ccccc4[c-]c3c3ncccc3c2o1.[Ir]. The molecule has 0 fully saturated rings. The molecule has 2 aromatic heterocycles. The maximum absolute atomic E-state index is 11.7. The van der Waals surface area contributed by atoms with Gasteiger partial charge in [0.1, 0.15) is 11.3 Å². The van der Waals surface area contributed by atoms with Crippen LogP contribution in [0.25, 0.3) is 43.4 Å². The summed E-state index contributed by atoms with van der Waals surface area (Å²) in [5.41, 5.74) is 1.86. The first-order valence-electron chi connectivity index (χ1n) is 13.4. The van der Waals surface area contributed by atoms with Gasteiger partial charge in [-0.15, -0.1) is 23.6 Å². The molecule has 0 saturated heterocycles. The molecule has 0 bridgehead atoms. The number of aliphatic hydroxyl groups is 1. The van der Waals surface area contributed by atoms with Crippen molar-refractivity contribution in [3.63, 3.8) is 0 Å². The average Bonchev–Trinajstić information content (AvgIpc) is 3.31. The molecule has 38 heavy (non-hydrogen) atoms. The molecule has 0 atom stereocenters. The number of hydrogen-bond acceptors (Lipinski definition) is 4. The largest absolute Gasteiger partial charge is 0.512 e. The fraction of sp³-hybridized carbons (Fsp3) is 0.333. The monoisotopic (exact) mass is 687 g/mol. The van der Waals surface area contributed by atoms with Crippen LogP contribution in [-0.4, -0.2) is 15.9 Å². The smallest absolute Gasteiger partial charge is 0.162 e. The van der Waals surface area contributed by atoms with E-state index in [9.17, 15) is 9.90 Å². The van der Waals surface area contributed by atoms with Gasteiger partial charge >= 0.3 is 0 Å². The van der Waals surface area contributed by atoms with Gasteiger partial charge in [0.05, 0.1) is 5.76 Å². The summed E-state index contributed by atoms with van der Waals surface area (Å²) in [6.45, 7) is 10.1. The van der Waals surface area contributed by atoms with E-state index in [0.29, 0.717) is 0 Å². The van der Waals surface area contributed by atoms with Crippen molar-refractivity contribution >= 4 is 49.2 Å². The third kappa shape index (κ3) is 6.00. The third-order valence-electron chi connectivity index (χ3n) is 7.31. The predicted molar refractivity (Wildman–Crippen MR) is 154 cm³/mol. The molecule has 5 aromatic rings. The minimum atomic E-state index is 0. The molecule has 1 N–H and O–H groups in total. The van der Waals surface area contributed by atoms with Crippen molar-refractivity contribution in [3.8, 4) is 0 Å². The zero-order valence-corrected chi connectivity index (χ0v) is 25.2. The van der Waals surface area contributed by atoms with E-state index in [1.807, 2.05) is 52.9 Å².